The van der Waals surface area contributed by atoms with E-state index in [0.717, 1.165) is 5.57 Å². The van der Waals surface area contributed by atoms with Gasteiger partial charge in [-0.05, 0) is 12.8 Å². The van der Waals surface area contributed by atoms with Gasteiger partial charge in [0.15, 0.2) is 0 Å². The standard InChI is InChI=1S/C8H14.C6H14/c1-7(2)5-6-8(3)4;1-3-5-6-4-2/h5-6,8H,1H2,2-4H3;3-6H2,1-2H3/b6-5+;. The summed E-state index contributed by atoms with van der Waals surface area (Å²) in [5.74, 6) is 0.645. The fraction of sp³-hybridized carbons (Fsp3) is 0.714. The van der Waals surface area contributed by atoms with Crippen LogP contribution < -0.4 is 0 Å². The molecule has 84 valence electrons. The summed E-state index contributed by atoms with van der Waals surface area (Å²) >= 11 is 0. The van der Waals surface area contributed by atoms with E-state index in [1.165, 1.54) is 25.7 Å². The molecule has 0 heterocycles. The van der Waals surface area contributed by atoms with Crippen molar-refractivity contribution in [1.29, 1.82) is 0 Å². The highest BCUT2D eigenvalue weighted by Crippen LogP contribution is 1.97. The van der Waals surface area contributed by atoms with Gasteiger partial charge in [0.05, 0.1) is 0 Å². The van der Waals surface area contributed by atoms with E-state index >= 15 is 0 Å². The molecule has 0 saturated heterocycles. The molecule has 0 heteroatoms. The smallest absolute Gasteiger partial charge is 0.0287 e. The normalized spacial score (nSPS) is 10.1. The molecule has 0 spiro atoms. The molecule has 0 aliphatic carbocycles. The molecule has 0 aliphatic rings. The van der Waals surface area contributed by atoms with Gasteiger partial charge in [0.2, 0.25) is 0 Å². The van der Waals surface area contributed by atoms with E-state index in [9.17, 15) is 0 Å². The minimum atomic E-state index is 0.645. The van der Waals surface area contributed by atoms with Crippen LogP contribution in [-0.2, 0) is 0 Å². The zero-order valence-electron chi connectivity index (χ0n) is 10.8. The Hall–Kier alpha value is -0.520. The van der Waals surface area contributed by atoms with Crippen LogP contribution in [0, 0.1) is 5.92 Å². The molecule has 0 N–H and O–H groups in total. The lowest BCUT2D eigenvalue weighted by molar-refractivity contribution is 0.702. The van der Waals surface area contributed by atoms with Crippen molar-refractivity contribution in [3.63, 3.8) is 0 Å². The van der Waals surface area contributed by atoms with E-state index in [1.54, 1.807) is 0 Å². The minimum Gasteiger partial charge on any atom is -0.0961 e. The van der Waals surface area contributed by atoms with Gasteiger partial charge < -0.3 is 0 Å². The number of hydrogen-bond donors (Lipinski definition) is 0. The largest absolute Gasteiger partial charge is 0.0961 e. The Balaban J connectivity index is 0. The SMILES string of the molecule is C=C(C)/C=C/C(C)C.CCCCCC. The summed E-state index contributed by atoms with van der Waals surface area (Å²) < 4.78 is 0. The van der Waals surface area contributed by atoms with Crippen molar-refractivity contribution in [2.24, 2.45) is 5.92 Å². The predicted octanol–water partition coefficient (Wildman–Crippen LogP) is 5.36. The third-order valence-electron chi connectivity index (χ3n) is 1.72. The molecule has 14 heavy (non-hydrogen) atoms. The summed E-state index contributed by atoms with van der Waals surface area (Å²) in [6.45, 7) is 14.5. The minimum absolute atomic E-state index is 0.645. The summed E-state index contributed by atoms with van der Waals surface area (Å²) in [5.41, 5.74) is 1.12. The van der Waals surface area contributed by atoms with Gasteiger partial charge in [-0.2, -0.15) is 0 Å². The van der Waals surface area contributed by atoms with E-state index in [-0.39, 0.29) is 0 Å². The second kappa shape index (κ2) is 12.5. The molecule has 0 saturated carbocycles. The van der Waals surface area contributed by atoms with E-state index in [0.29, 0.717) is 5.92 Å². The summed E-state index contributed by atoms with van der Waals surface area (Å²) in [5, 5.41) is 0. The van der Waals surface area contributed by atoms with Gasteiger partial charge in [-0.15, -0.1) is 0 Å². The highest BCUT2D eigenvalue weighted by molar-refractivity contribution is 5.11. The van der Waals surface area contributed by atoms with Gasteiger partial charge in [0.1, 0.15) is 0 Å². The van der Waals surface area contributed by atoms with Gasteiger partial charge in [0.25, 0.3) is 0 Å². The topological polar surface area (TPSA) is 0 Å². The monoisotopic (exact) mass is 196 g/mol. The Bertz CT molecular complexity index is 136. The molecule has 0 bridgehead atoms. The number of rotatable bonds is 5. The average molecular weight is 196 g/mol. The van der Waals surface area contributed by atoms with E-state index in [1.807, 2.05) is 13.0 Å². The molecular weight excluding hydrogens is 168 g/mol. The number of hydrogen-bond acceptors (Lipinski definition) is 0. The third-order valence-corrected chi connectivity index (χ3v) is 1.72. The zero-order chi connectivity index (χ0) is 11.4. The quantitative estimate of drug-likeness (QED) is 0.410. The first-order valence-corrected chi connectivity index (χ1v) is 5.88. The maximum Gasteiger partial charge on any atom is -0.0287 e. The van der Waals surface area contributed by atoms with Crippen LogP contribution in [0.3, 0.4) is 0 Å². The van der Waals surface area contributed by atoms with Crippen molar-refractivity contribution in [3.8, 4) is 0 Å². The molecule has 0 aromatic carbocycles. The molecule has 0 aromatic heterocycles. The molecule has 0 nitrogen and oxygen atoms in total. The molecule has 0 radical (unpaired) electrons. The van der Waals surface area contributed by atoms with Gasteiger partial charge >= 0.3 is 0 Å². The highest BCUT2D eigenvalue weighted by Gasteiger charge is 1.80. The molecule has 0 rings (SSSR count). The van der Waals surface area contributed by atoms with Crippen LogP contribution in [0.4, 0.5) is 0 Å². The third kappa shape index (κ3) is 22.5. The van der Waals surface area contributed by atoms with Crippen LogP contribution in [0.25, 0.3) is 0 Å². The van der Waals surface area contributed by atoms with E-state index in [2.05, 4.69) is 40.3 Å². The first-order chi connectivity index (χ1) is 6.54. The van der Waals surface area contributed by atoms with Crippen molar-refractivity contribution in [3.05, 3.63) is 24.3 Å². The fourth-order valence-corrected chi connectivity index (χ4v) is 0.857. The highest BCUT2D eigenvalue weighted by atomic mass is 13.9. The van der Waals surface area contributed by atoms with Gasteiger partial charge in [0, 0.05) is 0 Å². The molecule has 0 fully saturated rings. The second-order valence-electron chi connectivity index (χ2n) is 4.16. The maximum atomic E-state index is 3.74. The Morgan fingerprint density at radius 2 is 1.57 bits per heavy atom. The summed E-state index contributed by atoms with van der Waals surface area (Å²) in [6.07, 6.45) is 9.72. The van der Waals surface area contributed by atoms with Crippen LogP contribution in [0.2, 0.25) is 0 Å². The van der Waals surface area contributed by atoms with Crippen molar-refractivity contribution in [1.82, 2.24) is 0 Å². The van der Waals surface area contributed by atoms with Gasteiger partial charge in [-0.25, -0.2) is 0 Å². The first kappa shape index (κ1) is 15.9. The van der Waals surface area contributed by atoms with Crippen LogP contribution >= 0.6 is 0 Å². The maximum absolute atomic E-state index is 3.74. The van der Waals surface area contributed by atoms with Crippen LogP contribution in [0.5, 0.6) is 0 Å². The Labute approximate surface area is 91.1 Å². The van der Waals surface area contributed by atoms with Crippen LogP contribution in [-0.4, -0.2) is 0 Å². The lowest BCUT2D eigenvalue weighted by Gasteiger charge is -1.91. The molecule has 0 unspecified atom stereocenters. The molecule has 0 aliphatic heterocycles. The van der Waals surface area contributed by atoms with Crippen molar-refractivity contribution in [2.45, 2.75) is 60.3 Å². The van der Waals surface area contributed by atoms with Crippen molar-refractivity contribution >= 4 is 0 Å². The van der Waals surface area contributed by atoms with Gasteiger partial charge in [-0.1, -0.05) is 77.7 Å². The number of allylic oxidation sites excluding steroid dienone is 3. The molecule has 0 atom stereocenters. The van der Waals surface area contributed by atoms with Crippen LogP contribution in [0.15, 0.2) is 24.3 Å². The first-order valence-electron chi connectivity index (χ1n) is 5.88. The molecule has 0 aromatic rings. The predicted molar refractivity (Wildman–Crippen MR) is 68.6 cm³/mol. The summed E-state index contributed by atoms with van der Waals surface area (Å²) in [4.78, 5) is 0. The Morgan fingerprint density at radius 1 is 1.14 bits per heavy atom. The second-order valence-corrected chi connectivity index (χ2v) is 4.16. The molecule has 0 amide bonds. The Morgan fingerprint density at radius 3 is 1.71 bits per heavy atom. The Kier molecular flexibility index (Phi) is 14.2. The van der Waals surface area contributed by atoms with Crippen LogP contribution in [0.1, 0.15) is 60.3 Å². The van der Waals surface area contributed by atoms with Crippen molar-refractivity contribution in [2.75, 3.05) is 0 Å². The lowest BCUT2D eigenvalue weighted by atomic mass is 10.2. The molecular formula is C14H28. The lowest BCUT2D eigenvalue weighted by Crippen LogP contribution is -1.76. The van der Waals surface area contributed by atoms with Gasteiger partial charge in [-0.3, -0.25) is 0 Å². The average Bonchev–Trinajstić information content (AvgIpc) is 2.12. The van der Waals surface area contributed by atoms with E-state index in [4.69, 9.17) is 0 Å². The fourth-order valence-electron chi connectivity index (χ4n) is 0.857. The number of unbranched alkanes of at least 4 members (excludes halogenated alkanes) is 3. The van der Waals surface area contributed by atoms with E-state index < -0.39 is 0 Å². The van der Waals surface area contributed by atoms with Crippen molar-refractivity contribution < 1.29 is 0 Å². The summed E-state index contributed by atoms with van der Waals surface area (Å²) in [6, 6.07) is 0. The summed E-state index contributed by atoms with van der Waals surface area (Å²) in [7, 11) is 0. The zero-order valence-corrected chi connectivity index (χ0v) is 10.8.